The van der Waals surface area contributed by atoms with Crippen molar-refractivity contribution < 1.29 is 23.2 Å². The molecular weight excluding hydrogens is 348 g/mol. The highest BCUT2D eigenvalue weighted by Gasteiger charge is 2.30. The van der Waals surface area contributed by atoms with E-state index in [4.69, 9.17) is 16.7 Å². The van der Waals surface area contributed by atoms with E-state index in [0.717, 1.165) is 6.07 Å². The minimum Gasteiger partial charge on any atom is -0.481 e. The van der Waals surface area contributed by atoms with Crippen molar-refractivity contribution in [1.82, 2.24) is 4.72 Å². The van der Waals surface area contributed by atoms with E-state index in [0.29, 0.717) is 0 Å². The summed E-state index contributed by atoms with van der Waals surface area (Å²) in [4.78, 5) is 20.6. The van der Waals surface area contributed by atoms with E-state index in [1.54, 1.807) is 0 Å². The molecule has 1 aromatic rings. The molecule has 0 amide bonds. The molecule has 0 aliphatic rings. The Balaban J connectivity index is 3.09. The number of nitrogens with zero attached hydrogens (tertiary/aromatic N) is 1. The molecule has 0 fully saturated rings. The first-order chi connectivity index (χ1) is 10.6. The van der Waals surface area contributed by atoms with E-state index < -0.39 is 37.4 Å². The molecule has 0 heterocycles. The van der Waals surface area contributed by atoms with Crippen LogP contribution in [0.5, 0.6) is 0 Å². The molecule has 1 rings (SSSR count). The first kappa shape index (κ1) is 19.3. The van der Waals surface area contributed by atoms with Gasteiger partial charge in [0.05, 0.1) is 15.9 Å². The minimum atomic E-state index is -4.32. The molecule has 2 N–H and O–H groups in total. The van der Waals surface area contributed by atoms with Gasteiger partial charge in [0.25, 0.3) is 5.69 Å². The van der Waals surface area contributed by atoms with Crippen LogP contribution in [0.4, 0.5) is 5.69 Å². The topological polar surface area (TPSA) is 127 Å². The Kier molecular flexibility index (Phi) is 6.48. The highest BCUT2D eigenvalue weighted by Crippen LogP contribution is 2.30. The fraction of sp³-hybridized carbons (Fsp3) is 0.462. The second-order valence-corrected chi connectivity index (χ2v) is 7.47. The van der Waals surface area contributed by atoms with Gasteiger partial charge in [-0.15, -0.1) is 0 Å². The summed E-state index contributed by atoms with van der Waals surface area (Å²) in [7, 11) is -4.32. The first-order valence-electron chi connectivity index (χ1n) is 6.71. The van der Waals surface area contributed by atoms with Gasteiger partial charge in [0.15, 0.2) is 4.90 Å². The lowest BCUT2D eigenvalue weighted by Gasteiger charge is -2.16. The van der Waals surface area contributed by atoms with Crippen molar-refractivity contribution in [2.45, 2.75) is 25.2 Å². The summed E-state index contributed by atoms with van der Waals surface area (Å²) in [6.07, 6.45) is 0.266. The van der Waals surface area contributed by atoms with Crippen LogP contribution in [0.15, 0.2) is 23.1 Å². The number of nitro benzene ring substituents is 1. The number of hydrogen-bond acceptors (Lipinski definition) is 5. The van der Waals surface area contributed by atoms with Gasteiger partial charge in [-0.3, -0.25) is 14.9 Å². The Morgan fingerprint density at radius 3 is 2.52 bits per heavy atom. The average molecular weight is 365 g/mol. The number of sulfonamides is 1. The Hall–Kier alpha value is -1.71. The quantitative estimate of drug-likeness (QED) is 0.538. The van der Waals surface area contributed by atoms with Crippen molar-refractivity contribution in [2.24, 2.45) is 11.8 Å². The summed E-state index contributed by atoms with van der Waals surface area (Å²) in [5.41, 5.74) is -0.666. The molecular formula is C13H17ClN2O6S. The molecule has 10 heteroatoms. The molecule has 1 atom stereocenters. The van der Waals surface area contributed by atoms with Gasteiger partial charge in [0.2, 0.25) is 10.0 Å². The number of nitrogens with one attached hydrogen (secondary N) is 1. The van der Waals surface area contributed by atoms with E-state index >= 15 is 0 Å². The maximum atomic E-state index is 12.3. The standard InChI is InChI=1S/C13H17ClN2O6S/c1-8(2)6-9(13(17)18)7-15-23(21,22)12-10(14)4-3-5-11(12)16(19)20/h3-5,8-9,15H,6-7H2,1-2H3,(H,17,18). The fourth-order valence-corrected chi connectivity index (χ4v) is 3.81. The molecule has 1 aromatic carbocycles. The van der Waals surface area contributed by atoms with Gasteiger partial charge >= 0.3 is 5.97 Å². The van der Waals surface area contributed by atoms with Crippen LogP contribution in [0.3, 0.4) is 0 Å². The number of aliphatic carboxylic acids is 1. The molecule has 0 aliphatic heterocycles. The first-order valence-corrected chi connectivity index (χ1v) is 8.57. The maximum absolute atomic E-state index is 12.3. The summed E-state index contributed by atoms with van der Waals surface area (Å²) < 4.78 is 26.7. The van der Waals surface area contributed by atoms with E-state index in [-0.39, 0.29) is 23.9 Å². The zero-order valence-electron chi connectivity index (χ0n) is 12.5. The van der Waals surface area contributed by atoms with Crippen LogP contribution in [0.25, 0.3) is 0 Å². The van der Waals surface area contributed by atoms with Gasteiger partial charge in [0, 0.05) is 12.6 Å². The van der Waals surface area contributed by atoms with Crippen molar-refractivity contribution in [2.75, 3.05) is 6.54 Å². The molecule has 128 valence electrons. The average Bonchev–Trinajstić information content (AvgIpc) is 2.42. The van der Waals surface area contributed by atoms with Crippen LogP contribution in [0, 0.1) is 22.0 Å². The molecule has 0 aromatic heterocycles. The van der Waals surface area contributed by atoms with Crippen LogP contribution in [0.2, 0.25) is 5.02 Å². The molecule has 8 nitrogen and oxygen atoms in total. The highest BCUT2D eigenvalue weighted by molar-refractivity contribution is 7.89. The molecule has 0 saturated heterocycles. The van der Waals surface area contributed by atoms with Crippen LogP contribution in [0.1, 0.15) is 20.3 Å². The predicted molar refractivity (Wildman–Crippen MR) is 83.9 cm³/mol. The van der Waals surface area contributed by atoms with Gasteiger partial charge < -0.3 is 5.11 Å². The van der Waals surface area contributed by atoms with E-state index in [1.165, 1.54) is 12.1 Å². The second-order valence-electron chi connectivity index (χ2n) is 5.36. The summed E-state index contributed by atoms with van der Waals surface area (Å²) in [5, 5.41) is 19.8. The van der Waals surface area contributed by atoms with Gasteiger partial charge in [-0.1, -0.05) is 31.5 Å². The number of rotatable bonds is 8. The fourth-order valence-electron chi connectivity index (χ4n) is 2.03. The van der Waals surface area contributed by atoms with Gasteiger partial charge in [-0.25, -0.2) is 13.1 Å². The molecule has 0 radical (unpaired) electrons. The zero-order chi connectivity index (χ0) is 17.8. The lowest BCUT2D eigenvalue weighted by molar-refractivity contribution is -0.387. The largest absolute Gasteiger partial charge is 0.481 e. The van der Waals surface area contributed by atoms with Gasteiger partial charge in [0.1, 0.15) is 0 Å². The zero-order valence-corrected chi connectivity index (χ0v) is 14.1. The molecule has 23 heavy (non-hydrogen) atoms. The van der Waals surface area contributed by atoms with E-state index in [2.05, 4.69) is 4.72 Å². The summed E-state index contributed by atoms with van der Waals surface area (Å²) >= 11 is 5.78. The Morgan fingerprint density at radius 2 is 2.04 bits per heavy atom. The van der Waals surface area contributed by atoms with Crippen molar-refractivity contribution in [1.29, 1.82) is 0 Å². The number of carbonyl (C=O) groups is 1. The van der Waals surface area contributed by atoms with Crippen molar-refractivity contribution in [3.8, 4) is 0 Å². The number of nitro groups is 1. The molecule has 0 spiro atoms. The lowest BCUT2D eigenvalue weighted by atomic mass is 9.98. The number of halogens is 1. The molecule has 0 saturated carbocycles. The second kappa shape index (κ2) is 7.71. The molecule has 1 unspecified atom stereocenters. The third-order valence-corrected chi connectivity index (χ3v) is 4.98. The summed E-state index contributed by atoms with van der Waals surface area (Å²) in [5.74, 6) is -2.03. The Labute approximate surface area is 138 Å². The predicted octanol–water partition coefficient (Wildman–Crippen LogP) is 2.27. The van der Waals surface area contributed by atoms with E-state index in [9.17, 15) is 23.3 Å². The van der Waals surface area contributed by atoms with E-state index in [1.807, 2.05) is 13.8 Å². The molecule has 0 bridgehead atoms. The van der Waals surface area contributed by atoms with Crippen LogP contribution in [-0.2, 0) is 14.8 Å². The maximum Gasteiger partial charge on any atom is 0.307 e. The SMILES string of the molecule is CC(C)CC(CNS(=O)(=O)c1c(Cl)cccc1[N+](=O)[O-])C(=O)O. The normalized spacial score (nSPS) is 13.0. The summed E-state index contributed by atoms with van der Waals surface area (Å²) in [6.45, 7) is 3.24. The van der Waals surface area contributed by atoms with Crippen LogP contribution >= 0.6 is 11.6 Å². The van der Waals surface area contributed by atoms with Crippen LogP contribution < -0.4 is 4.72 Å². The van der Waals surface area contributed by atoms with Gasteiger partial charge in [-0.2, -0.15) is 0 Å². The third kappa shape index (κ3) is 5.15. The van der Waals surface area contributed by atoms with Crippen molar-refractivity contribution >= 4 is 33.3 Å². The number of carboxylic acid groups (broad SMARTS) is 1. The van der Waals surface area contributed by atoms with Crippen molar-refractivity contribution in [3.05, 3.63) is 33.3 Å². The Morgan fingerprint density at radius 1 is 1.43 bits per heavy atom. The minimum absolute atomic E-state index is 0.0512. The smallest absolute Gasteiger partial charge is 0.307 e. The monoisotopic (exact) mass is 364 g/mol. The Bertz CT molecular complexity index is 704. The number of carboxylic acids is 1. The highest BCUT2D eigenvalue weighted by atomic mass is 35.5. The molecule has 0 aliphatic carbocycles. The lowest BCUT2D eigenvalue weighted by Crippen LogP contribution is -2.34. The third-order valence-electron chi connectivity index (χ3n) is 3.04. The number of benzene rings is 1. The summed E-state index contributed by atoms with van der Waals surface area (Å²) in [6, 6.07) is 3.49. The van der Waals surface area contributed by atoms with Crippen LogP contribution in [-0.4, -0.2) is 31.0 Å². The van der Waals surface area contributed by atoms with Crippen molar-refractivity contribution in [3.63, 3.8) is 0 Å². The number of hydrogen-bond donors (Lipinski definition) is 2. The van der Waals surface area contributed by atoms with Gasteiger partial charge in [-0.05, 0) is 18.4 Å².